The van der Waals surface area contributed by atoms with Gasteiger partial charge in [0.25, 0.3) is 0 Å². The fourth-order valence-corrected chi connectivity index (χ4v) is 2.63. The second-order valence-corrected chi connectivity index (χ2v) is 6.65. The van der Waals surface area contributed by atoms with Crippen molar-refractivity contribution in [2.45, 2.75) is 65.3 Å². The molecule has 0 aromatic rings. The summed E-state index contributed by atoms with van der Waals surface area (Å²) in [7, 11) is 0. The number of ether oxygens (including phenoxy) is 1. The van der Waals surface area contributed by atoms with Crippen molar-refractivity contribution in [3.8, 4) is 0 Å². The highest BCUT2D eigenvalue weighted by Crippen LogP contribution is 2.19. The summed E-state index contributed by atoms with van der Waals surface area (Å²) in [4.78, 5) is 16.2. The molecule has 0 aliphatic carbocycles. The van der Waals surface area contributed by atoms with Gasteiger partial charge in [-0.25, -0.2) is 4.79 Å². The SMILES string of the molecule is C[C@@H]1CN(C[C@@H](C)O)C[C@H](C)N1C(=O)OC(C)(C)C. The summed E-state index contributed by atoms with van der Waals surface area (Å²) in [6, 6.07) is 0.190. The van der Waals surface area contributed by atoms with Gasteiger partial charge in [0, 0.05) is 31.7 Å². The van der Waals surface area contributed by atoms with E-state index >= 15 is 0 Å². The van der Waals surface area contributed by atoms with E-state index in [-0.39, 0.29) is 24.3 Å². The van der Waals surface area contributed by atoms with E-state index in [4.69, 9.17) is 4.74 Å². The minimum atomic E-state index is -0.465. The van der Waals surface area contributed by atoms with E-state index in [9.17, 15) is 9.90 Å². The second-order valence-electron chi connectivity index (χ2n) is 6.65. The number of aliphatic hydroxyl groups excluding tert-OH is 1. The summed E-state index contributed by atoms with van der Waals surface area (Å²) in [5, 5.41) is 9.46. The van der Waals surface area contributed by atoms with Crippen molar-refractivity contribution >= 4 is 6.09 Å². The lowest BCUT2D eigenvalue weighted by Gasteiger charge is -2.44. The Balaban J connectivity index is 2.65. The van der Waals surface area contributed by atoms with E-state index < -0.39 is 5.60 Å². The summed E-state index contributed by atoms with van der Waals surface area (Å²) in [6.45, 7) is 13.7. The van der Waals surface area contributed by atoms with Crippen LogP contribution in [-0.2, 0) is 4.74 Å². The normalized spacial score (nSPS) is 27.2. The van der Waals surface area contributed by atoms with Crippen LogP contribution in [0.25, 0.3) is 0 Å². The third kappa shape index (κ3) is 4.99. The van der Waals surface area contributed by atoms with Gasteiger partial charge in [0.05, 0.1) is 6.10 Å². The zero-order valence-corrected chi connectivity index (χ0v) is 13.0. The summed E-state index contributed by atoms with van der Waals surface area (Å²) >= 11 is 0. The minimum absolute atomic E-state index is 0.0948. The second kappa shape index (κ2) is 6.09. The molecule has 0 spiro atoms. The van der Waals surface area contributed by atoms with Gasteiger partial charge in [-0.15, -0.1) is 0 Å². The van der Waals surface area contributed by atoms with E-state index in [2.05, 4.69) is 4.90 Å². The van der Waals surface area contributed by atoms with Crippen LogP contribution in [0.3, 0.4) is 0 Å². The highest BCUT2D eigenvalue weighted by atomic mass is 16.6. The number of hydrogen-bond acceptors (Lipinski definition) is 4. The van der Waals surface area contributed by atoms with Gasteiger partial charge in [-0.3, -0.25) is 4.90 Å². The van der Waals surface area contributed by atoms with Crippen molar-refractivity contribution < 1.29 is 14.6 Å². The van der Waals surface area contributed by atoms with Gasteiger partial charge < -0.3 is 14.7 Å². The molecule has 0 aromatic carbocycles. The number of amides is 1. The van der Waals surface area contributed by atoms with Crippen LogP contribution < -0.4 is 0 Å². The van der Waals surface area contributed by atoms with E-state index in [1.54, 1.807) is 6.92 Å². The van der Waals surface area contributed by atoms with Gasteiger partial charge in [0.1, 0.15) is 5.60 Å². The maximum atomic E-state index is 12.2. The summed E-state index contributed by atoms with van der Waals surface area (Å²) in [5.41, 5.74) is -0.465. The molecule has 0 bridgehead atoms. The van der Waals surface area contributed by atoms with E-state index in [0.29, 0.717) is 6.54 Å². The molecular weight excluding hydrogens is 244 g/mol. The first-order chi connectivity index (χ1) is 8.60. The molecule has 1 aliphatic rings. The van der Waals surface area contributed by atoms with E-state index in [0.717, 1.165) is 13.1 Å². The van der Waals surface area contributed by atoms with E-state index in [1.165, 1.54) is 0 Å². The standard InChI is InChI=1S/C14H28N2O3/c1-10-7-15(9-12(3)17)8-11(2)16(10)13(18)19-14(4,5)6/h10-12,17H,7-9H2,1-6H3/t10-,11+,12-/m1/s1. The number of piperazine rings is 1. The third-order valence-electron chi connectivity index (χ3n) is 3.12. The molecule has 5 nitrogen and oxygen atoms in total. The summed E-state index contributed by atoms with van der Waals surface area (Å²) < 4.78 is 5.45. The number of β-amino-alcohol motifs (C(OH)–C–C–N with tert-alkyl or cyclic N) is 1. The fraction of sp³-hybridized carbons (Fsp3) is 0.929. The Hall–Kier alpha value is -0.810. The molecule has 1 aliphatic heterocycles. The molecule has 5 heteroatoms. The summed E-state index contributed by atoms with van der Waals surface area (Å²) in [6.07, 6.45) is -0.586. The molecule has 0 saturated carbocycles. The van der Waals surface area contributed by atoms with Crippen LogP contribution in [0.1, 0.15) is 41.5 Å². The molecule has 112 valence electrons. The van der Waals surface area contributed by atoms with Crippen molar-refractivity contribution in [1.82, 2.24) is 9.80 Å². The van der Waals surface area contributed by atoms with Gasteiger partial charge in [-0.05, 0) is 41.5 Å². The van der Waals surface area contributed by atoms with Crippen molar-refractivity contribution in [2.75, 3.05) is 19.6 Å². The molecule has 1 amide bonds. The number of carbonyl (C=O) groups excluding carboxylic acids is 1. The Morgan fingerprint density at radius 2 is 1.79 bits per heavy atom. The molecule has 1 rings (SSSR count). The van der Waals surface area contributed by atoms with Crippen LogP contribution in [0.2, 0.25) is 0 Å². The fourth-order valence-electron chi connectivity index (χ4n) is 2.63. The molecule has 0 unspecified atom stereocenters. The van der Waals surface area contributed by atoms with Crippen LogP contribution in [0.5, 0.6) is 0 Å². The Labute approximate surface area is 116 Å². The third-order valence-corrected chi connectivity index (χ3v) is 3.12. The number of nitrogens with zero attached hydrogens (tertiary/aromatic N) is 2. The first-order valence-corrected chi connectivity index (χ1v) is 7.02. The molecule has 3 atom stereocenters. The Bertz CT molecular complexity index is 300. The van der Waals surface area contributed by atoms with Crippen molar-refractivity contribution in [3.05, 3.63) is 0 Å². The van der Waals surface area contributed by atoms with Gasteiger partial charge in [0.15, 0.2) is 0 Å². The van der Waals surface area contributed by atoms with E-state index in [1.807, 2.05) is 39.5 Å². The topological polar surface area (TPSA) is 53.0 Å². The predicted molar refractivity (Wildman–Crippen MR) is 75.1 cm³/mol. The first kappa shape index (κ1) is 16.2. The zero-order valence-electron chi connectivity index (χ0n) is 13.0. The molecule has 1 saturated heterocycles. The monoisotopic (exact) mass is 272 g/mol. The highest BCUT2D eigenvalue weighted by molar-refractivity contribution is 5.69. The minimum Gasteiger partial charge on any atom is -0.444 e. The lowest BCUT2D eigenvalue weighted by Crippen LogP contribution is -2.60. The summed E-state index contributed by atoms with van der Waals surface area (Å²) in [5.74, 6) is 0. The average molecular weight is 272 g/mol. The molecule has 0 aromatic heterocycles. The Kier molecular flexibility index (Phi) is 5.21. The number of hydrogen-bond donors (Lipinski definition) is 1. The van der Waals surface area contributed by atoms with Gasteiger partial charge in [-0.2, -0.15) is 0 Å². The van der Waals surface area contributed by atoms with Crippen molar-refractivity contribution in [1.29, 1.82) is 0 Å². The van der Waals surface area contributed by atoms with Gasteiger partial charge >= 0.3 is 6.09 Å². The largest absolute Gasteiger partial charge is 0.444 e. The zero-order chi connectivity index (χ0) is 14.8. The van der Waals surface area contributed by atoms with Gasteiger partial charge in [-0.1, -0.05) is 0 Å². The number of aliphatic hydroxyl groups is 1. The Morgan fingerprint density at radius 3 is 2.16 bits per heavy atom. The molecule has 1 fully saturated rings. The van der Waals surface area contributed by atoms with Crippen LogP contribution >= 0.6 is 0 Å². The Morgan fingerprint density at radius 1 is 1.32 bits per heavy atom. The maximum Gasteiger partial charge on any atom is 0.410 e. The first-order valence-electron chi connectivity index (χ1n) is 7.02. The van der Waals surface area contributed by atoms with Crippen LogP contribution in [0.15, 0.2) is 0 Å². The highest BCUT2D eigenvalue weighted by Gasteiger charge is 2.35. The van der Waals surface area contributed by atoms with Crippen LogP contribution in [-0.4, -0.2) is 64.4 Å². The lowest BCUT2D eigenvalue weighted by atomic mass is 10.1. The van der Waals surface area contributed by atoms with Gasteiger partial charge in [0.2, 0.25) is 0 Å². The number of rotatable bonds is 2. The average Bonchev–Trinajstić information content (AvgIpc) is 2.10. The van der Waals surface area contributed by atoms with Crippen LogP contribution in [0, 0.1) is 0 Å². The quantitative estimate of drug-likeness (QED) is 0.831. The lowest BCUT2D eigenvalue weighted by molar-refractivity contribution is -0.0203. The maximum absolute atomic E-state index is 12.2. The molecule has 19 heavy (non-hydrogen) atoms. The van der Waals surface area contributed by atoms with Crippen molar-refractivity contribution in [3.63, 3.8) is 0 Å². The molecular formula is C14H28N2O3. The van der Waals surface area contributed by atoms with Crippen molar-refractivity contribution in [2.24, 2.45) is 0 Å². The molecule has 1 heterocycles. The number of carbonyl (C=O) groups is 1. The molecule has 1 N–H and O–H groups in total. The smallest absolute Gasteiger partial charge is 0.410 e. The molecule has 0 radical (unpaired) electrons. The predicted octanol–water partition coefficient (Wildman–Crippen LogP) is 1.70. The van der Waals surface area contributed by atoms with Crippen LogP contribution in [0.4, 0.5) is 4.79 Å².